The molecule has 2 N–H and O–H groups in total. The Morgan fingerprint density at radius 2 is 1.92 bits per heavy atom. The van der Waals surface area contributed by atoms with Gasteiger partial charge >= 0.3 is 0 Å². The summed E-state index contributed by atoms with van der Waals surface area (Å²) in [5.74, 6) is -1.07. The molecule has 2 aromatic carbocycles. The van der Waals surface area contributed by atoms with Gasteiger partial charge in [-0.25, -0.2) is 9.37 Å². The maximum atomic E-state index is 14.0. The number of carbonyl (C=O) groups is 1. The van der Waals surface area contributed by atoms with Gasteiger partial charge in [0.05, 0.1) is 16.4 Å². The van der Waals surface area contributed by atoms with Crippen LogP contribution < -0.4 is 10.6 Å². The van der Waals surface area contributed by atoms with E-state index in [1.54, 1.807) is 13.0 Å². The number of amides is 1. The number of rotatable bonds is 5. The van der Waals surface area contributed by atoms with E-state index in [1.807, 2.05) is 24.3 Å². The van der Waals surface area contributed by atoms with Crippen molar-refractivity contribution < 1.29 is 9.18 Å². The van der Waals surface area contributed by atoms with Crippen LogP contribution in [0.5, 0.6) is 0 Å². The molecular weight excluding hydrogens is 373 g/mol. The third-order valence-electron chi connectivity index (χ3n) is 3.84. The Kier molecular flexibility index (Phi) is 5.54. The number of hydrogen-bond donors (Lipinski definition) is 2. The molecule has 0 saturated carbocycles. The maximum Gasteiger partial charge on any atom is 0.267 e. The maximum absolute atomic E-state index is 14.0. The van der Waals surface area contributed by atoms with Crippen molar-refractivity contribution >= 4 is 45.4 Å². The van der Waals surface area contributed by atoms with Gasteiger partial charge in [-0.15, -0.1) is 0 Å². The van der Waals surface area contributed by atoms with Crippen LogP contribution in [0.25, 0.3) is 0 Å². The second kappa shape index (κ2) is 7.85. The molecular formula is C19H17ClFN3OS. The first-order chi connectivity index (χ1) is 12.5. The summed E-state index contributed by atoms with van der Waals surface area (Å²) in [5.41, 5.74) is 2.73. The summed E-state index contributed by atoms with van der Waals surface area (Å²) in [6.45, 7) is 3.82. The lowest BCUT2D eigenvalue weighted by atomic mass is 10.1. The van der Waals surface area contributed by atoms with Crippen molar-refractivity contribution in [3.8, 4) is 0 Å². The molecule has 3 aromatic rings. The molecule has 0 aliphatic carbocycles. The minimum atomic E-state index is -0.653. The average molecular weight is 390 g/mol. The summed E-state index contributed by atoms with van der Waals surface area (Å²) in [7, 11) is 0. The SMILES string of the molecule is CCc1ccccc1Nc1nc(C)c(C(=O)Nc2cccc(Cl)c2F)s1. The summed E-state index contributed by atoms with van der Waals surface area (Å²) in [4.78, 5) is 17.3. The molecule has 1 amide bonds. The first-order valence-corrected chi connectivity index (χ1v) is 9.26. The molecule has 0 atom stereocenters. The Bertz CT molecular complexity index is 958. The van der Waals surface area contributed by atoms with Gasteiger partial charge in [-0.05, 0) is 37.1 Å². The van der Waals surface area contributed by atoms with E-state index in [0.29, 0.717) is 15.7 Å². The molecule has 0 bridgehead atoms. The first kappa shape index (κ1) is 18.4. The average Bonchev–Trinajstić information content (AvgIpc) is 3.00. The zero-order chi connectivity index (χ0) is 18.7. The number of nitrogens with zero attached hydrogens (tertiary/aromatic N) is 1. The number of para-hydroxylation sites is 1. The fourth-order valence-corrected chi connectivity index (χ4v) is 3.55. The quantitative estimate of drug-likeness (QED) is 0.579. The molecule has 3 rings (SSSR count). The molecule has 1 aromatic heterocycles. The van der Waals surface area contributed by atoms with Gasteiger partial charge in [0, 0.05) is 5.69 Å². The van der Waals surface area contributed by atoms with Crippen LogP contribution in [0, 0.1) is 12.7 Å². The predicted octanol–water partition coefficient (Wildman–Crippen LogP) is 5.80. The standard InChI is InChI=1S/C19H17ClFN3OS/c1-3-12-7-4-5-9-14(12)24-19-22-11(2)17(26-19)18(25)23-15-10-6-8-13(20)16(15)21/h4-10H,3H2,1-2H3,(H,22,24)(H,23,25). The summed E-state index contributed by atoms with van der Waals surface area (Å²) in [6, 6.07) is 12.4. The molecule has 0 saturated heterocycles. The molecule has 0 aliphatic rings. The molecule has 4 nitrogen and oxygen atoms in total. The van der Waals surface area contributed by atoms with E-state index in [-0.39, 0.29) is 10.7 Å². The van der Waals surface area contributed by atoms with Crippen LogP contribution in [0.1, 0.15) is 27.9 Å². The smallest absolute Gasteiger partial charge is 0.267 e. The van der Waals surface area contributed by atoms with Crippen molar-refractivity contribution in [2.24, 2.45) is 0 Å². The van der Waals surface area contributed by atoms with E-state index < -0.39 is 11.7 Å². The van der Waals surface area contributed by atoms with Crippen molar-refractivity contribution in [1.29, 1.82) is 0 Å². The van der Waals surface area contributed by atoms with Crippen molar-refractivity contribution in [2.45, 2.75) is 20.3 Å². The second-order valence-corrected chi connectivity index (χ2v) is 7.03. The number of hydrogen-bond acceptors (Lipinski definition) is 4. The summed E-state index contributed by atoms with van der Waals surface area (Å²) in [5, 5.41) is 6.38. The molecule has 134 valence electrons. The Hall–Kier alpha value is -2.44. The molecule has 0 fully saturated rings. The van der Waals surface area contributed by atoms with Crippen LogP contribution >= 0.6 is 22.9 Å². The number of anilines is 3. The fourth-order valence-electron chi connectivity index (χ4n) is 2.51. The fraction of sp³-hybridized carbons (Fsp3) is 0.158. The van der Waals surface area contributed by atoms with Crippen LogP contribution in [-0.4, -0.2) is 10.9 Å². The molecule has 0 spiro atoms. The molecule has 26 heavy (non-hydrogen) atoms. The summed E-state index contributed by atoms with van der Waals surface area (Å²) >= 11 is 6.97. The zero-order valence-corrected chi connectivity index (χ0v) is 15.8. The van der Waals surface area contributed by atoms with Crippen LogP contribution in [0.3, 0.4) is 0 Å². The predicted molar refractivity (Wildman–Crippen MR) is 105 cm³/mol. The van der Waals surface area contributed by atoms with Gasteiger partial charge in [0.1, 0.15) is 4.88 Å². The summed E-state index contributed by atoms with van der Waals surface area (Å²) < 4.78 is 14.0. The van der Waals surface area contributed by atoms with Gasteiger partial charge in [-0.3, -0.25) is 4.79 Å². The van der Waals surface area contributed by atoms with Crippen molar-refractivity contribution in [3.63, 3.8) is 0 Å². The van der Waals surface area contributed by atoms with Gasteiger partial charge in [-0.2, -0.15) is 0 Å². The number of carbonyl (C=O) groups excluding carboxylic acids is 1. The topological polar surface area (TPSA) is 54.0 Å². The van der Waals surface area contributed by atoms with E-state index in [9.17, 15) is 9.18 Å². The molecule has 0 unspecified atom stereocenters. The van der Waals surface area contributed by atoms with E-state index >= 15 is 0 Å². The second-order valence-electron chi connectivity index (χ2n) is 5.62. The van der Waals surface area contributed by atoms with Gasteiger partial charge in [0.25, 0.3) is 5.91 Å². The normalized spacial score (nSPS) is 10.6. The largest absolute Gasteiger partial charge is 0.331 e. The molecule has 7 heteroatoms. The van der Waals surface area contributed by atoms with Gasteiger partial charge in [0.2, 0.25) is 0 Å². The Morgan fingerprint density at radius 1 is 1.19 bits per heavy atom. The Labute approximate surface area is 160 Å². The number of thiazole rings is 1. The summed E-state index contributed by atoms with van der Waals surface area (Å²) in [6.07, 6.45) is 0.884. The Morgan fingerprint density at radius 3 is 2.69 bits per heavy atom. The minimum absolute atomic E-state index is 0.0395. The number of halogens is 2. The molecule has 0 aliphatic heterocycles. The van der Waals surface area contributed by atoms with E-state index in [4.69, 9.17) is 11.6 Å². The van der Waals surface area contributed by atoms with Gasteiger partial charge in [-0.1, -0.05) is 54.1 Å². The monoisotopic (exact) mass is 389 g/mol. The molecule has 0 radical (unpaired) electrons. The van der Waals surface area contributed by atoms with Crippen molar-refractivity contribution in [3.05, 3.63) is 69.4 Å². The van der Waals surface area contributed by atoms with E-state index in [1.165, 1.54) is 23.5 Å². The third-order valence-corrected chi connectivity index (χ3v) is 5.21. The van der Waals surface area contributed by atoms with E-state index in [0.717, 1.165) is 17.7 Å². The first-order valence-electron chi connectivity index (χ1n) is 8.07. The lowest BCUT2D eigenvalue weighted by Gasteiger charge is -2.07. The highest BCUT2D eigenvalue weighted by molar-refractivity contribution is 7.17. The number of benzene rings is 2. The van der Waals surface area contributed by atoms with Crippen molar-refractivity contribution in [2.75, 3.05) is 10.6 Å². The molecule has 1 heterocycles. The number of aromatic nitrogens is 1. The lowest BCUT2D eigenvalue weighted by Crippen LogP contribution is -2.12. The Balaban J connectivity index is 1.81. The number of nitrogens with one attached hydrogen (secondary N) is 2. The van der Waals surface area contributed by atoms with Gasteiger partial charge in [0.15, 0.2) is 10.9 Å². The lowest BCUT2D eigenvalue weighted by molar-refractivity contribution is 0.102. The van der Waals surface area contributed by atoms with Crippen molar-refractivity contribution in [1.82, 2.24) is 4.98 Å². The highest BCUT2D eigenvalue weighted by atomic mass is 35.5. The number of aryl methyl sites for hydroxylation is 2. The third kappa shape index (κ3) is 3.86. The zero-order valence-electron chi connectivity index (χ0n) is 14.3. The van der Waals surface area contributed by atoms with Crippen LogP contribution in [0.4, 0.5) is 20.9 Å². The highest BCUT2D eigenvalue weighted by Crippen LogP contribution is 2.29. The van der Waals surface area contributed by atoms with Crippen LogP contribution in [-0.2, 0) is 6.42 Å². The highest BCUT2D eigenvalue weighted by Gasteiger charge is 2.18. The van der Waals surface area contributed by atoms with E-state index in [2.05, 4.69) is 22.5 Å². The van der Waals surface area contributed by atoms with Crippen LogP contribution in [0.2, 0.25) is 5.02 Å². The van der Waals surface area contributed by atoms with Gasteiger partial charge < -0.3 is 10.6 Å². The van der Waals surface area contributed by atoms with Crippen LogP contribution in [0.15, 0.2) is 42.5 Å². The minimum Gasteiger partial charge on any atom is -0.331 e.